The van der Waals surface area contributed by atoms with Crippen LogP contribution in [0.15, 0.2) is 42.5 Å². The fourth-order valence-electron chi connectivity index (χ4n) is 2.09. The minimum atomic E-state index is 0.261. The second kappa shape index (κ2) is 7.96. The summed E-state index contributed by atoms with van der Waals surface area (Å²) in [6.45, 7) is 2.31. The molecule has 0 saturated carbocycles. The lowest BCUT2D eigenvalue weighted by Crippen LogP contribution is -1.98. The van der Waals surface area contributed by atoms with Crippen LogP contribution in [0.4, 0.5) is 17.1 Å². The first kappa shape index (κ1) is 15.7. The van der Waals surface area contributed by atoms with Gasteiger partial charge in [-0.25, -0.2) is 0 Å². The van der Waals surface area contributed by atoms with Crippen molar-refractivity contribution >= 4 is 28.8 Å². The van der Waals surface area contributed by atoms with Gasteiger partial charge in [0.25, 0.3) is 0 Å². The number of benzene rings is 2. The monoisotopic (exact) mass is 302 g/mol. The van der Waals surface area contributed by atoms with Gasteiger partial charge in [-0.3, -0.25) is 0 Å². The van der Waals surface area contributed by atoms with Crippen molar-refractivity contribution < 1.29 is 5.11 Å². The predicted molar refractivity (Wildman–Crippen MR) is 93.2 cm³/mol. The molecule has 0 heterocycles. The molecule has 0 unspecified atom stereocenters. The minimum Gasteiger partial charge on any atom is -0.399 e. The Hall–Kier alpha value is -1.65. The Bertz CT molecular complexity index is 587. The molecule has 2 aromatic carbocycles. The van der Waals surface area contributed by atoms with E-state index in [4.69, 9.17) is 10.8 Å². The number of hydrogen-bond acceptors (Lipinski definition) is 4. The molecule has 112 valence electrons. The van der Waals surface area contributed by atoms with Gasteiger partial charge >= 0.3 is 0 Å². The fraction of sp³-hybridized carbons (Fsp3) is 0.294. The van der Waals surface area contributed by atoms with E-state index in [2.05, 4.69) is 30.4 Å². The molecule has 0 aliphatic heterocycles. The molecule has 4 heteroatoms. The summed E-state index contributed by atoms with van der Waals surface area (Å²) in [6, 6.07) is 14.2. The highest BCUT2D eigenvalue weighted by molar-refractivity contribution is 7.98. The van der Waals surface area contributed by atoms with Crippen LogP contribution in [0.3, 0.4) is 0 Å². The number of aliphatic hydroxyl groups is 1. The first-order valence-electron chi connectivity index (χ1n) is 7.10. The maximum Gasteiger partial charge on any atom is 0.0438 e. The van der Waals surface area contributed by atoms with E-state index < -0.39 is 0 Å². The highest BCUT2D eigenvalue weighted by atomic mass is 32.2. The molecule has 0 fully saturated rings. The molecule has 0 aliphatic carbocycles. The molecule has 0 amide bonds. The van der Waals surface area contributed by atoms with Gasteiger partial charge in [0.2, 0.25) is 0 Å². The van der Waals surface area contributed by atoms with E-state index in [1.165, 1.54) is 5.56 Å². The Balaban J connectivity index is 2.08. The van der Waals surface area contributed by atoms with Crippen LogP contribution in [0.2, 0.25) is 0 Å². The van der Waals surface area contributed by atoms with Gasteiger partial charge in [0.1, 0.15) is 0 Å². The minimum absolute atomic E-state index is 0.261. The molecule has 21 heavy (non-hydrogen) atoms. The molecule has 0 saturated heterocycles. The number of aliphatic hydroxyl groups excluding tert-OH is 1. The molecule has 2 rings (SSSR count). The summed E-state index contributed by atoms with van der Waals surface area (Å²) in [6.07, 6.45) is 0.845. The van der Waals surface area contributed by atoms with Crippen LogP contribution in [0.25, 0.3) is 0 Å². The van der Waals surface area contributed by atoms with Gasteiger partial charge in [-0.15, -0.1) is 0 Å². The predicted octanol–water partition coefficient (Wildman–Crippen LogP) is 3.94. The third-order valence-electron chi connectivity index (χ3n) is 3.24. The van der Waals surface area contributed by atoms with Crippen molar-refractivity contribution in [2.75, 3.05) is 23.4 Å². The van der Waals surface area contributed by atoms with E-state index in [0.717, 1.165) is 40.6 Å². The molecule has 0 spiro atoms. The topological polar surface area (TPSA) is 58.3 Å². The number of para-hydroxylation sites is 1. The number of nitrogens with one attached hydrogen (secondary N) is 1. The van der Waals surface area contributed by atoms with Crippen LogP contribution in [0.5, 0.6) is 0 Å². The molecule has 0 aromatic heterocycles. The first-order chi connectivity index (χ1) is 10.2. The maximum absolute atomic E-state index is 8.83. The summed E-state index contributed by atoms with van der Waals surface area (Å²) in [5.41, 5.74) is 11.2. The van der Waals surface area contributed by atoms with Crippen molar-refractivity contribution in [1.29, 1.82) is 0 Å². The zero-order chi connectivity index (χ0) is 15.1. The van der Waals surface area contributed by atoms with Crippen LogP contribution < -0.4 is 11.1 Å². The van der Waals surface area contributed by atoms with Gasteiger partial charge in [-0.1, -0.05) is 18.2 Å². The van der Waals surface area contributed by atoms with Gasteiger partial charge in [-0.2, -0.15) is 11.8 Å². The highest BCUT2D eigenvalue weighted by Crippen LogP contribution is 2.27. The SMILES string of the molecule is Cc1cc(N)ccc1Nc1ccccc1CSCCCO. The molecule has 0 radical (unpaired) electrons. The summed E-state index contributed by atoms with van der Waals surface area (Å²) in [4.78, 5) is 0. The van der Waals surface area contributed by atoms with Crippen molar-refractivity contribution in [3.63, 3.8) is 0 Å². The number of anilines is 3. The van der Waals surface area contributed by atoms with E-state index in [9.17, 15) is 0 Å². The quantitative estimate of drug-likeness (QED) is 0.535. The van der Waals surface area contributed by atoms with Gasteiger partial charge in [0.05, 0.1) is 0 Å². The van der Waals surface area contributed by atoms with Crippen molar-refractivity contribution in [2.45, 2.75) is 19.1 Å². The second-order valence-electron chi connectivity index (χ2n) is 4.99. The Kier molecular flexibility index (Phi) is 5.96. The van der Waals surface area contributed by atoms with Gasteiger partial charge in [0.15, 0.2) is 0 Å². The summed E-state index contributed by atoms with van der Waals surface area (Å²) >= 11 is 1.84. The highest BCUT2D eigenvalue weighted by Gasteiger charge is 2.04. The van der Waals surface area contributed by atoms with Crippen LogP contribution in [-0.4, -0.2) is 17.5 Å². The summed E-state index contributed by atoms with van der Waals surface area (Å²) in [5, 5.41) is 12.3. The Labute approximate surface area is 130 Å². The lowest BCUT2D eigenvalue weighted by molar-refractivity contribution is 0.296. The molecular formula is C17H22N2OS. The standard InChI is InChI=1S/C17H22N2OS/c1-13-11-15(18)7-8-16(13)19-17-6-3-2-5-14(17)12-21-10-4-9-20/h2-3,5-8,11,19-20H,4,9-10,12,18H2,1H3. The average Bonchev–Trinajstić information content (AvgIpc) is 2.48. The zero-order valence-electron chi connectivity index (χ0n) is 12.3. The molecule has 2 aromatic rings. The van der Waals surface area contributed by atoms with Crippen molar-refractivity contribution in [2.24, 2.45) is 0 Å². The van der Waals surface area contributed by atoms with E-state index >= 15 is 0 Å². The van der Waals surface area contributed by atoms with Crippen LogP contribution in [0, 0.1) is 6.92 Å². The summed E-state index contributed by atoms with van der Waals surface area (Å²) in [5.74, 6) is 1.92. The Morgan fingerprint density at radius 2 is 1.95 bits per heavy atom. The molecular weight excluding hydrogens is 280 g/mol. The third-order valence-corrected chi connectivity index (χ3v) is 4.33. The Morgan fingerprint density at radius 1 is 1.14 bits per heavy atom. The number of aryl methyl sites for hydroxylation is 1. The van der Waals surface area contributed by atoms with Crippen molar-refractivity contribution in [3.05, 3.63) is 53.6 Å². The normalized spacial score (nSPS) is 10.6. The average molecular weight is 302 g/mol. The van der Waals surface area contributed by atoms with Crippen molar-refractivity contribution in [3.8, 4) is 0 Å². The summed E-state index contributed by atoms with van der Waals surface area (Å²) in [7, 11) is 0. The van der Waals surface area contributed by atoms with E-state index in [-0.39, 0.29) is 6.61 Å². The van der Waals surface area contributed by atoms with Gasteiger partial charge in [0, 0.05) is 29.4 Å². The van der Waals surface area contributed by atoms with E-state index in [1.54, 1.807) is 0 Å². The van der Waals surface area contributed by atoms with E-state index in [0.29, 0.717) is 0 Å². The van der Waals surface area contributed by atoms with Crippen LogP contribution in [-0.2, 0) is 5.75 Å². The third kappa shape index (κ3) is 4.69. The lowest BCUT2D eigenvalue weighted by atomic mass is 10.1. The first-order valence-corrected chi connectivity index (χ1v) is 8.26. The van der Waals surface area contributed by atoms with Gasteiger partial charge in [-0.05, 0) is 54.5 Å². The number of nitrogens with two attached hydrogens (primary N) is 1. The largest absolute Gasteiger partial charge is 0.399 e. The fourth-order valence-corrected chi connectivity index (χ4v) is 3.04. The van der Waals surface area contributed by atoms with Crippen LogP contribution in [0.1, 0.15) is 17.5 Å². The number of rotatable bonds is 7. The smallest absolute Gasteiger partial charge is 0.0438 e. The number of hydrogen-bond donors (Lipinski definition) is 3. The van der Waals surface area contributed by atoms with E-state index in [1.807, 2.05) is 36.0 Å². The van der Waals surface area contributed by atoms with Crippen LogP contribution >= 0.6 is 11.8 Å². The number of thioether (sulfide) groups is 1. The maximum atomic E-state index is 8.83. The molecule has 0 atom stereocenters. The molecule has 0 aliphatic rings. The Morgan fingerprint density at radius 3 is 2.71 bits per heavy atom. The van der Waals surface area contributed by atoms with Crippen molar-refractivity contribution in [1.82, 2.24) is 0 Å². The summed E-state index contributed by atoms with van der Waals surface area (Å²) < 4.78 is 0. The zero-order valence-corrected chi connectivity index (χ0v) is 13.1. The molecule has 3 nitrogen and oxygen atoms in total. The van der Waals surface area contributed by atoms with Gasteiger partial charge < -0.3 is 16.2 Å². The molecule has 0 bridgehead atoms. The number of nitrogen functional groups attached to an aromatic ring is 1. The molecule has 4 N–H and O–H groups in total. The second-order valence-corrected chi connectivity index (χ2v) is 6.09. The lowest BCUT2D eigenvalue weighted by Gasteiger charge is -2.14.